The largest absolute Gasteiger partial charge is 0.390 e. The second-order valence-corrected chi connectivity index (χ2v) is 7.79. The molecule has 2 heteroatoms. The van der Waals surface area contributed by atoms with Crippen LogP contribution < -0.4 is 0 Å². The lowest BCUT2D eigenvalue weighted by atomic mass is 9.54. The van der Waals surface area contributed by atoms with Crippen LogP contribution in [0.4, 0.5) is 0 Å². The summed E-state index contributed by atoms with van der Waals surface area (Å²) in [6.07, 6.45) is 5.27. The van der Waals surface area contributed by atoms with E-state index in [1.807, 2.05) is 0 Å². The van der Waals surface area contributed by atoms with Gasteiger partial charge in [-0.1, -0.05) is 48.9 Å². The van der Waals surface area contributed by atoms with Crippen LogP contribution >= 0.6 is 15.9 Å². The van der Waals surface area contributed by atoms with Crippen molar-refractivity contribution >= 4 is 15.9 Å². The molecule has 0 aromatic heterocycles. The van der Waals surface area contributed by atoms with Crippen LogP contribution in [0.25, 0.3) is 0 Å². The summed E-state index contributed by atoms with van der Waals surface area (Å²) in [5.74, 6) is 0.831. The Hall–Kier alpha value is 0.180. The van der Waals surface area contributed by atoms with Crippen molar-refractivity contribution in [3.05, 3.63) is 12.2 Å². The van der Waals surface area contributed by atoms with E-state index in [0.717, 1.165) is 25.7 Å². The minimum atomic E-state index is -0.475. The molecule has 4 atom stereocenters. The van der Waals surface area contributed by atoms with Gasteiger partial charge in [-0.2, -0.15) is 0 Å². The standard InChI is InChI=1S/C15H25BrO/c1-10(2)15(17)8-7-14(4)12(9-15)11(3)5-6-13(14)16/h10,12-13,17H,3,5-9H2,1-2,4H3. The van der Waals surface area contributed by atoms with Crippen molar-refractivity contribution in [1.29, 1.82) is 0 Å². The van der Waals surface area contributed by atoms with Crippen LogP contribution in [0.5, 0.6) is 0 Å². The molecular weight excluding hydrogens is 276 g/mol. The zero-order chi connectivity index (χ0) is 12.8. The molecule has 0 amide bonds. The molecule has 2 rings (SSSR count). The van der Waals surface area contributed by atoms with Crippen molar-refractivity contribution in [2.75, 3.05) is 0 Å². The fourth-order valence-corrected chi connectivity index (χ4v) is 4.45. The average Bonchev–Trinajstić information content (AvgIpc) is 2.27. The first-order valence-electron chi connectivity index (χ1n) is 6.84. The number of allylic oxidation sites excluding steroid dienone is 1. The molecule has 0 aromatic carbocycles. The Kier molecular flexibility index (Phi) is 3.51. The van der Waals surface area contributed by atoms with Crippen LogP contribution in [0.2, 0.25) is 0 Å². The molecule has 0 heterocycles. The van der Waals surface area contributed by atoms with Crippen molar-refractivity contribution < 1.29 is 5.11 Å². The van der Waals surface area contributed by atoms with Gasteiger partial charge in [-0.15, -0.1) is 0 Å². The maximum Gasteiger partial charge on any atom is 0.0676 e. The molecule has 0 aromatic rings. The van der Waals surface area contributed by atoms with Gasteiger partial charge in [0.1, 0.15) is 0 Å². The van der Waals surface area contributed by atoms with Crippen molar-refractivity contribution in [1.82, 2.24) is 0 Å². The van der Waals surface area contributed by atoms with E-state index in [2.05, 4.69) is 43.3 Å². The molecule has 1 nitrogen and oxygen atoms in total. The van der Waals surface area contributed by atoms with Gasteiger partial charge in [0.25, 0.3) is 0 Å². The highest BCUT2D eigenvalue weighted by Gasteiger charge is 2.52. The zero-order valence-electron chi connectivity index (χ0n) is 11.3. The molecule has 1 N–H and O–H groups in total. The summed E-state index contributed by atoms with van der Waals surface area (Å²) in [4.78, 5) is 0.585. The van der Waals surface area contributed by atoms with Crippen LogP contribution in [0.15, 0.2) is 12.2 Å². The summed E-state index contributed by atoms with van der Waals surface area (Å²) in [5.41, 5.74) is 1.19. The van der Waals surface area contributed by atoms with Crippen LogP contribution in [-0.2, 0) is 0 Å². The summed E-state index contributed by atoms with van der Waals surface area (Å²) in [6.45, 7) is 10.9. The van der Waals surface area contributed by atoms with Crippen LogP contribution in [-0.4, -0.2) is 15.5 Å². The predicted molar refractivity (Wildman–Crippen MR) is 76.3 cm³/mol. The molecule has 2 saturated carbocycles. The minimum absolute atomic E-state index is 0.302. The summed E-state index contributed by atoms with van der Waals surface area (Å²) >= 11 is 3.87. The van der Waals surface area contributed by atoms with E-state index < -0.39 is 5.60 Å². The van der Waals surface area contributed by atoms with Crippen molar-refractivity contribution in [3.63, 3.8) is 0 Å². The highest BCUT2D eigenvalue weighted by molar-refractivity contribution is 9.09. The third kappa shape index (κ3) is 2.12. The second kappa shape index (κ2) is 4.38. The molecule has 17 heavy (non-hydrogen) atoms. The summed E-state index contributed by atoms with van der Waals surface area (Å²) < 4.78 is 0. The monoisotopic (exact) mass is 300 g/mol. The molecule has 2 fully saturated rings. The quantitative estimate of drug-likeness (QED) is 0.566. The van der Waals surface area contributed by atoms with E-state index in [1.165, 1.54) is 12.0 Å². The normalized spacial score (nSPS) is 47.1. The summed E-state index contributed by atoms with van der Waals surface area (Å²) in [5, 5.41) is 10.7. The van der Waals surface area contributed by atoms with Crippen molar-refractivity contribution in [2.24, 2.45) is 17.3 Å². The number of rotatable bonds is 1. The van der Waals surface area contributed by atoms with Crippen molar-refractivity contribution in [3.8, 4) is 0 Å². The molecular formula is C15H25BrO. The maximum absolute atomic E-state index is 10.7. The highest BCUT2D eigenvalue weighted by Crippen LogP contribution is 2.57. The Bertz CT molecular complexity index is 325. The third-order valence-corrected chi connectivity index (χ3v) is 6.96. The Morgan fingerprint density at radius 1 is 1.41 bits per heavy atom. The second-order valence-electron chi connectivity index (χ2n) is 6.69. The topological polar surface area (TPSA) is 20.2 Å². The number of fused-ring (bicyclic) bond motifs is 1. The first-order chi connectivity index (χ1) is 7.79. The number of alkyl halides is 1. The summed E-state index contributed by atoms with van der Waals surface area (Å²) in [6, 6.07) is 0. The van der Waals surface area contributed by atoms with Gasteiger partial charge in [-0.05, 0) is 49.4 Å². The van der Waals surface area contributed by atoms with Gasteiger partial charge >= 0.3 is 0 Å². The molecule has 0 bridgehead atoms. The van der Waals surface area contributed by atoms with E-state index in [-0.39, 0.29) is 0 Å². The van der Waals surface area contributed by atoms with Gasteiger partial charge in [0.05, 0.1) is 5.60 Å². The lowest BCUT2D eigenvalue weighted by molar-refractivity contribution is -0.0892. The van der Waals surface area contributed by atoms with Crippen LogP contribution in [0.1, 0.15) is 52.9 Å². The zero-order valence-corrected chi connectivity index (χ0v) is 12.9. The lowest BCUT2D eigenvalue weighted by Gasteiger charge is -2.55. The van der Waals surface area contributed by atoms with Crippen molar-refractivity contribution in [2.45, 2.75) is 63.3 Å². The predicted octanol–water partition coefficient (Wildman–Crippen LogP) is 4.29. The Balaban J connectivity index is 2.26. The van der Waals surface area contributed by atoms with Crippen LogP contribution in [0.3, 0.4) is 0 Å². The van der Waals surface area contributed by atoms with E-state index >= 15 is 0 Å². The van der Waals surface area contributed by atoms with Crippen LogP contribution in [0, 0.1) is 17.3 Å². The Labute approximate surface area is 114 Å². The molecule has 98 valence electrons. The molecule has 0 radical (unpaired) electrons. The van der Waals surface area contributed by atoms with Gasteiger partial charge in [0, 0.05) is 4.83 Å². The maximum atomic E-state index is 10.7. The third-order valence-electron chi connectivity index (χ3n) is 5.45. The number of hydrogen-bond donors (Lipinski definition) is 1. The smallest absolute Gasteiger partial charge is 0.0676 e. The fraction of sp³-hybridized carbons (Fsp3) is 0.867. The molecule has 2 aliphatic rings. The molecule has 0 aliphatic heterocycles. The first-order valence-corrected chi connectivity index (χ1v) is 7.75. The van der Waals surface area contributed by atoms with Gasteiger partial charge in [0.2, 0.25) is 0 Å². The minimum Gasteiger partial charge on any atom is -0.390 e. The Morgan fingerprint density at radius 3 is 2.65 bits per heavy atom. The van der Waals surface area contributed by atoms with Gasteiger partial charge in [-0.25, -0.2) is 0 Å². The van der Waals surface area contributed by atoms with Gasteiger partial charge < -0.3 is 5.11 Å². The molecule has 0 spiro atoms. The molecule has 2 aliphatic carbocycles. The average molecular weight is 301 g/mol. The number of aliphatic hydroxyl groups is 1. The van der Waals surface area contributed by atoms with E-state index in [1.54, 1.807) is 0 Å². The van der Waals surface area contributed by atoms with E-state index in [0.29, 0.717) is 22.1 Å². The number of halogens is 1. The first kappa shape index (κ1) is 13.6. The van der Waals surface area contributed by atoms with E-state index in [9.17, 15) is 5.11 Å². The van der Waals surface area contributed by atoms with E-state index in [4.69, 9.17) is 0 Å². The molecule has 0 saturated heterocycles. The number of hydrogen-bond acceptors (Lipinski definition) is 1. The highest BCUT2D eigenvalue weighted by atomic mass is 79.9. The molecule has 4 unspecified atom stereocenters. The summed E-state index contributed by atoms with van der Waals surface area (Å²) in [7, 11) is 0. The lowest BCUT2D eigenvalue weighted by Crippen LogP contribution is -2.52. The fourth-order valence-electron chi connectivity index (χ4n) is 3.67. The van der Waals surface area contributed by atoms with Gasteiger partial charge in [0.15, 0.2) is 0 Å². The SMILES string of the molecule is C=C1CCC(Br)C2(C)CCC(O)(C(C)C)CC12. The Morgan fingerprint density at radius 2 is 2.06 bits per heavy atom. The van der Waals surface area contributed by atoms with Gasteiger partial charge in [-0.3, -0.25) is 0 Å².